The highest BCUT2D eigenvalue weighted by Gasteiger charge is 2.12. The number of ether oxygens (including phenoxy) is 1. The molecule has 4 nitrogen and oxygen atoms in total. The Kier molecular flexibility index (Phi) is 5.87. The van der Waals surface area contributed by atoms with Crippen LogP contribution in [0, 0.1) is 0 Å². The number of hydrogen-bond donors (Lipinski definition) is 1. The molecule has 150 valence electrons. The maximum Gasteiger partial charge on any atom is 0.326 e. The van der Waals surface area contributed by atoms with Gasteiger partial charge in [-0.25, -0.2) is 4.98 Å². The third-order valence-electron chi connectivity index (χ3n) is 5.05. The maximum absolute atomic E-state index is 11.7. The summed E-state index contributed by atoms with van der Waals surface area (Å²) in [5, 5.41) is 1.01. The highest BCUT2D eigenvalue weighted by atomic mass is 16.5. The second-order valence-corrected chi connectivity index (χ2v) is 7.23. The van der Waals surface area contributed by atoms with Crippen LogP contribution in [-0.4, -0.2) is 17.5 Å². The summed E-state index contributed by atoms with van der Waals surface area (Å²) < 4.78 is 5.32. The van der Waals surface area contributed by atoms with Gasteiger partial charge in [-0.15, -0.1) is 0 Å². The molecule has 0 bridgehead atoms. The topological polar surface area (TPSA) is 65.2 Å². The lowest BCUT2D eigenvalue weighted by Gasteiger charge is -2.12. The summed E-state index contributed by atoms with van der Waals surface area (Å²) >= 11 is 0. The average Bonchev–Trinajstić information content (AvgIpc) is 2.79. The molecular formula is C26H24N2O2. The highest BCUT2D eigenvalue weighted by molar-refractivity contribution is 5.98. The normalized spacial score (nSPS) is 10.9. The SMILES string of the molecule is CCCc1cccc(-c2ccc3nc(OC(=O)CN)cc(-c4ccccc4)c3c2)c1. The van der Waals surface area contributed by atoms with Crippen molar-refractivity contribution in [2.45, 2.75) is 19.8 Å². The first-order valence-electron chi connectivity index (χ1n) is 10.2. The zero-order valence-electron chi connectivity index (χ0n) is 17.0. The van der Waals surface area contributed by atoms with Gasteiger partial charge < -0.3 is 10.5 Å². The van der Waals surface area contributed by atoms with Gasteiger partial charge in [0.1, 0.15) is 0 Å². The van der Waals surface area contributed by atoms with Gasteiger partial charge in [0.15, 0.2) is 0 Å². The summed E-state index contributed by atoms with van der Waals surface area (Å²) in [7, 11) is 0. The maximum atomic E-state index is 11.7. The molecule has 4 heteroatoms. The Hall–Kier alpha value is -3.50. The van der Waals surface area contributed by atoms with E-state index in [2.05, 4.69) is 48.3 Å². The van der Waals surface area contributed by atoms with Crippen LogP contribution >= 0.6 is 0 Å². The zero-order valence-corrected chi connectivity index (χ0v) is 17.0. The molecule has 1 aromatic heterocycles. The van der Waals surface area contributed by atoms with E-state index < -0.39 is 5.97 Å². The summed E-state index contributed by atoms with van der Waals surface area (Å²) in [6.07, 6.45) is 2.18. The molecule has 1 heterocycles. The molecule has 3 aromatic carbocycles. The van der Waals surface area contributed by atoms with Crippen molar-refractivity contribution in [1.82, 2.24) is 4.98 Å². The van der Waals surface area contributed by atoms with E-state index in [1.54, 1.807) is 0 Å². The van der Waals surface area contributed by atoms with Gasteiger partial charge in [0.25, 0.3) is 0 Å². The minimum absolute atomic E-state index is 0.187. The molecule has 0 unspecified atom stereocenters. The Morgan fingerprint density at radius 2 is 1.67 bits per heavy atom. The van der Waals surface area contributed by atoms with E-state index in [0.29, 0.717) is 0 Å². The van der Waals surface area contributed by atoms with Crippen LogP contribution in [-0.2, 0) is 11.2 Å². The lowest BCUT2D eigenvalue weighted by Crippen LogP contribution is -2.20. The van der Waals surface area contributed by atoms with Gasteiger partial charge >= 0.3 is 5.97 Å². The summed E-state index contributed by atoms with van der Waals surface area (Å²) in [6, 6.07) is 26.7. The van der Waals surface area contributed by atoms with Gasteiger partial charge in [-0.2, -0.15) is 0 Å². The van der Waals surface area contributed by atoms with E-state index in [-0.39, 0.29) is 12.4 Å². The molecule has 2 N–H and O–H groups in total. The number of pyridine rings is 1. The number of nitrogens with two attached hydrogens (primary N) is 1. The molecule has 0 aliphatic carbocycles. The number of rotatable bonds is 6. The predicted octanol–water partition coefficient (Wildman–Crippen LogP) is 5.39. The minimum atomic E-state index is -0.509. The van der Waals surface area contributed by atoms with Crippen molar-refractivity contribution in [3.05, 3.63) is 84.4 Å². The van der Waals surface area contributed by atoms with Crippen molar-refractivity contribution in [2.75, 3.05) is 6.54 Å². The average molecular weight is 396 g/mol. The summed E-state index contributed by atoms with van der Waals surface area (Å²) in [5.41, 5.74) is 11.8. The smallest absolute Gasteiger partial charge is 0.326 e. The van der Waals surface area contributed by atoms with Crippen molar-refractivity contribution in [3.63, 3.8) is 0 Å². The van der Waals surface area contributed by atoms with Crippen LogP contribution in [0.5, 0.6) is 5.88 Å². The Labute approximate surface area is 176 Å². The van der Waals surface area contributed by atoms with Gasteiger partial charge in [-0.3, -0.25) is 4.79 Å². The number of fused-ring (bicyclic) bond motifs is 1. The number of aromatic nitrogens is 1. The first-order chi connectivity index (χ1) is 14.7. The van der Waals surface area contributed by atoms with Crippen molar-refractivity contribution in [1.29, 1.82) is 0 Å². The van der Waals surface area contributed by atoms with Crippen molar-refractivity contribution < 1.29 is 9.53 Å². The predicted molar refractivity (Wildman–Crippen MR) is 121 cm³/mol. The number of hydrogen-bond acceptors (Lipinski definition) is 4. The van der Waals surface area contributed by atoms with E-state index in [1.807, 2.05) is 42.5 Å². The van der Waals surface area contributed by atoms with Gasteiger partial charge in [-0.1, -0.05) is 74.0 Å². The Balaban J connectivity index is 1.87. The van der Waals surface area contributed by atoms with Crippen LogP contribution in [0.1, 0.15) is 18.9 Å². The lowest BCUT2D eigenvalue weighted by molar-refractivity contribution is -0.133. The summed E-state index contributed by atoms with van der Waals surface area (Å²) in [5.74, 6) is -0.250. The van der Waals surface area contributed by atoms with Crippen LogP contribution < -0.4 is 10.5 Å². The molecule has 0 aliphatic heterocycles. The molecule has 0 atom stereocenters. The second kappa shape index (κ2) is 8.89. The first kappa shape index (κ1) is 19.8. The van der Waals surface area contributed by atoms with Crippen LogP contribution in [0.3, 0.4) is 0 Å². The summed E-state index contributed by atoms with van der Waals surface area (Å²) in [4.78, 5) is 16.2. The number of nitrogens with zero attached hydrogens (tertiary/aromatic N) is 1. The van der Waals surface area contributed by atoms with Gasteiger partial charge in [-0.05, 0) is 46.4 Å². The van der Waals surface area contributed by atoms with E-state index in [1.165, 1.54) is 11.1 Å². The third kappa shape index (κ3) is 4.24. The zero-order chi connectivity index (χ0) is 20.9. The quantitative estimate of drug-likeness (QED) is 0.444. The Bertz CT molecular complexity index is 1190. The van der Waals surface area contributed by atoms with Crippen LogP contribution in [0.2, 0.25) is 0 Å². The first-order valence-corrected chi connectivity index (χ1v) is 10.2. The molecule has 4 rings (SSSR count). The Morgan fingerprint density at radius 1 is 0.900 bits per heavy atom. The monoisotopic (exact) mass is 396 g/mol. The highest BCUT2D eigenvalue weighted by Crippen LogP contribution is 2.34. The number of carbonyl (C=O) groups is 1. The number of esters is 1. The van der Waals surface area contributed by atoms with Gasteiger partial charge in [0, 0.05) is 11.5 Å². The van der Waals surface area contributed by atoms with E-state index >= 15 is 0 Å². The molecule has 4 aromatic rings. The molecule has 0 fully saturated rings. The fourth-order valence-electron chi connectivity index (χ4n) is 3.64. The molecule has 0 amide bonds. The van der Waals surface area contributed by atoms with Crippen molar-refractivity contribution in [3.8, 4) is 28.1 Å². The van der Waals surface area contributed by atoms with Crippen LogP contribution in [0.15, 0.2) is 78.9 Å². The molecular weight excluding hydrogens is 372 g/mol. The standard InChI is InChI=1S/C26H24N2O2/c1-2-7-18-8-6-11-20(14-18)21-12-13-24-23(15-21)22(19-9-4-3-5-10-19)16-25(28-24)30-26(29)17-27/h3-6,8-16H,2,7,17,27H2,1H3. The molecule has 0 saturated heterocycles. The number of aryl methyl sites for hydroxylation is 1. The fourth-order valence-corrected chi connectivity index (χ4v) is 3.64. The van der Waals surface area contributed by atoms with Crippen LogP contribution in [0.25, 0.3) is 33.2 Å². The fraction of sp³-hybridized carbons (Fsp3) is 0.154. The van der Waals surface area contributed by atoms with E-state index in [4.69, 9.17) is 10.5 Å². The second-order valence-electron chi connectivity index (χ2n) is 7.23. The van der Waals surface area contributed by atoms with Gasteiger partial charge in [0.2, 0.25) is 5.88 Å². The third-order valence-corrected chi connectivity index (χ3v) is 5.05. The van der Waals surface area contributed by atoms with Crippen LogP contribution in [0.4, 0.5) is 0 Å². The number of carbonyl (C=O) groups excluding carboxylic acids is 1. The van der Waals surface area contributed by atoms with Gasteiger partial charge in [0.05, 0.1) is 12.1 Å². The number of benzene rings is 3. The summed E-state index contributed by atoms with van der Waals surface area (Å²) in [6.45, 7) is 2.00. The van der Waals surface area contributed by atoms with Crippen molar-refractivity contribution in [2.24, 2.45) is 5.73 Å². The largest absolute Gasteiger partial charge is 0.406 e. The van der Waals surface area contributed by atoms with Crippen molar-refractivity contribution >= 4 is 16.9 Å². The molecule has 0 radical (unpaired) electrons. The molecule has 0 spiro atoms. The lowest BCUT2D eigenvalue weighted by atomic mass is 9.96. The van der Waals surface area contributed by atoms with E-state index in [0.717, 1.165) is 40.4 Å². The van der Waals surface area contributed by atoms with E-state index in [9.17, 15) is 4.79 Å². The molecule has 30 heavy (non-hydrogen) atoms. The molecule has 0 aliphatic rings. The minimum Gasteiger partial charge on any atom is -0.406 e. The Morgan fingerprint density at radius 3 is 2.43 bits per heavy atom. The molecule has 0 saturated carbocycles.